The van der Waals surface area contributed by atoms with Crippen LogP contribution in [0.25, 0.3) is 0 Å². The molecule has 0 aliphatic heterocycles. The van der Waals surface area contributed by atoms with Crippen molar-refractivity contribution in [2.75, 3.05) is 0 Å². The maximum Gasteiger partial charge on any atom is 0.252 e. The number of hydrogen-bond donors (Lipinski definition) is 2. The second-order valence-electron chi connectivity index (χ2n) is 4.60. The number of benzene rings is 1. The molecule has 3 N–H and O–H groups in total. The van der Waals surface area contributed by atoms with Gasteiger partial charge in [-0.15, -0.1) is 0 Å². The molecule has 0 saturated carbocycles. The third-order valence-corrected chi connectivity index (χ3v) is 3.45. The highest BCUT2D eigenvalue weighted by Gasteiger charge is 2.18. The number of primary amides is 1. The van der Waals surface area contributed by atoms with Crippen LogP contribution in [-0.4, -0.2) is 17.9 Å². The molecule has 4 nitrogen and oxygen atoms in total. The maximum atomic E-state index is 12.1. The number of rotatable bonds is 5. The molecule has 1 atom stereocenters. The van der Waals surface area contributed by atoms with Crippen molar-refractivity contribution in [2.45, 2.75) is 26.3 Å². The van der Waals surface area contributed by atoms with E-state index in [-0.39, 0.29) is 5.91 Å². The Morgan fingerprint density at radius 3 is 2.25 bits per heavy atom. The Balaban J connectivity index is 2.85. The summed E-state index contributed by atoms with van der Waals surface area (Å²) >= 11 is 6.63. The van der Waals surface area contributed by atoms with Crippen LogP contribution in [-0.2, 0) is 4.79 Å². The Hall–Kier alpha value is -1.14. The molecule has 1 aromatic carbocycles. The molecule has 0 bridgehead atoms. The van der Waals surface area contributed by atoms with Crippen LogP contribution < -0.4 is 11.1 Å². The molecular formula is C14H16Br2N2O2. The first kappa shape index (κ1) is 16.9. The molecule has 20 heavy (non-hydrogen) atoms. The fraction of sp³-hybridized carbons (Fsp3) is 0.286. The smallest absolute Gasteiger partial charge is 0.252 e. The Morgan fingerprint density at radius 1 is 1.25 bits per heavy atom. The SMILES string of the molecule is CC(C)=CC[C@@H](NC(=O)c1cc(Br)cc(Br)c1)C(N)=O. The molecule has 2 amide bonds. The summed E-state index contributed by atoms with van der Waals surface area (Å²) in [6.45, 7) is 3.84. The Labute approximate surface area is 135 Å². The van der Waals surface area contributed by atoms with Crippen molar-refractivity contribution in [2.24, 2.45) is 5.73 Å². The van der Waals surface area contributed by atoms with Crippen LogP contribution in [0, 0.1) is 0 Å². The number of hydrogen-bond acceptors (Lipinski definition) is 2. The van der Waals surface area contributed by atoms with E-state index in [9.17, 15) is 9.59 Å². The first-order chi connectivity index (χ1) is 9.29. The number of carbonyl (C=O) groups is 2. The normalized spacial score (nSPS) is 11.6. The van der Waals surface area contributed by atoms with Gasteiger partial charge in [0.1, 0.15) is 6.04 Å². The topological polar surface area (TPSA) is 72.2 Å². The third kappa shape index (κ3) is 5.46. The van der Waals surface area contributed by atoms with Crippen LogP contribution in [0.15, 0.2) is 38.8 Å². The maximum absolute atomic E-state index is 12.1. The second kappa shape index (κ2) is 7.59. The number of carbonyl (C=O) groups excluding carboxylic acids is 2. The number of amides is 2. The lowest BCUT2D eigenvalue weighted by atomic mass is 10.1. The van der Waals surface area contributed by atoms with E-state index < -0.39 is 11.9 Å². The minimum atomic E-state index is -0.713. The Morgan fingerprint density at radius 2 is 1.80 bits per heavy atom. The Bertz CT molecular complexity index is 532. The summed E-state index contributed by atoms with van der Waals surface area (Å²) in [5, 5.41) is 2.64. The predicted molar refractivity (Wildman–Crippen MR) is 86.3 cm³/mol. The zero-order chi connectivity index (χ0) is 15.3. The molecule has 0 aliphatic rings. The van der Waals surface area contributed by atoms with Crippen LogP contribution in [0.5, 0.6) is 0 Å². The van der Waals surface area contributed by atoms with E-state index in [2.05, 4.69) is 37.2 Å². The summed E-state index contributed by atoms with van der Waals surface area (Å²) in [5.41, 5.74) is 6.83. The molecule has 1 aromatic rings. The van der Waals surface area contributed by atoms with E-state index in [0.717, 1.165) is 14.5 Å². The first-order valence-electron chi connectivity index (χ1n) is 5.99. The summed E-state index contributed by atoms with van der Waals surface area (Å²) in [4.78, 5) is 23.5. The van der Waals surface area contributed by atoms with Gasteiger partial charge < -0.3 is 11.1 Å². The molecule has 0 unspecified atom stereocenters. The number of nitrogens with one attached hydrogen (secondary N) is 1. The lowest BCUT2D eigenvalue weighted by molar-refractivity contribution is -0.119. The zero-order valence-electron chi connectivity index (χ0n) is 11.2. The van der Waals surface area contributed by atoms with E-state index in [1.54, 1.807) is 12.1 Å². The van der Waals surface area contributed by atoms with Gasteiger partial charge in [-0.25, -0.2) is 0 Å². The van der Waals surface area contributed by atoms with Crippen molar-refractivity contribution in [3.05, 3.63) is 44.4 Å². The van der Waals surface area contributed by atoms with Crippen LogP contribution in [0.2, 0.25) is 0 Å². The summed E-state index contributed by atoms with van der Waals surface area (Å²) in [7, 11) is 0. The summed E-state index contributed by atoms with van der Waals surface area (Å²) < 4.78 is 1.55. The van der Waals surface area contributed by atoms with Crippen LogP contribution in [0.4, 0.5) is 0 Å². The van der Waals surface area contributed by atoms with Gasteiger partial charge in [0, 0.05) is 14.5 Å². The second-order valence-corrected chi connectivity index (χ2v) is 6.44. The quantitative estimate of drug-likeness (QED) is 0.741. The van der Waals surface area contributed by atoms with Crippen molar-refractivity contribution in [3.8, 4) is 0 Å². The molecule has 0 fully saturated rings. The van der Waals surface area contributed by atoms with E-state index in [1.165, 1.54) is 0 Å². The summed E-state index contributed by atoms with van der Waals surface area (Å²) in [5.74, 6) is -0.886. The van der Waals surface area contributed by atoms with E-state index in [1.807, 2.05) is 26.0 Å². The minimum Gasteiger partial charge on any atom is -0.368 e. The van der Waals surface area contributed by atoms with Crippen molar-refractivity contribution < 1.29 is 9.59 Å². The lowest BCUT2D eigenvalue weighted by Crippen LogP contribution is -2.44. The van der Waals surface area contributed by atoms with Crippen molar-refractivity contribution in [1.29, 1.82) is 0 Å². The summed E-state index contributed by atoms with van der Waals surface area (Å²) in [6.07, 6.45) is 2.26. The van der Waals surface area contributed by atoms with E-state index in [4.69, 9.17) is 5.73 Å². The average Bonchev–Trinajstić information content (AvgIpc) is 2.32. The molecule has 6 heteroatoms. The Kier molecular flexibility index (Phi) is 6.42. The van der Waals surface area contributed by atoms with Crippen LogP contribution in [0.3, 0.4) is 0 Å². The van der Waals surface area contributed by atoms with Gasteiger partial charge >= 0.3 is 0 Å². The fourth-order valence-electron chi connectivity index (χ4n) is 1.53. The number of nitrogens with two attached hydrogens (primary N) is 1. The molecule has 0 radical (unpaired) electrons. The van der Waals surface area contributed by atoms with Crippen LogP contribution in [0.1, 0.15) is 30.6 Å². The fourth-order valence-corrected chi connectivity index (χ4v) is 2.82. The van der Waals surface area contributed by atoms with Gasteiger partial charge in [0.15, 0.2) is 0 Å². The molecule has 0 spiro atoms. The average molecular weight is 404 g/mol. The van der Waals surface area contributed by atoms with Gasteiger partial charge in [-0.2, -0.15) is 0 Å². The molecule has 0 aliphatic carbocycles. The summed E-state index contributed by atoms with van der Waals surface area (Å²) in [6, 6.07) is 4.47. The molecule has 0 aromatic heterocycles. The molecule has 1 rings (SSSR count). The molecule has 0 saturated heterocycles. The highest BCUT2D eigenvalue weighted by atomic mass is 79.9. The lowest BCUT2D eigenvalue weighted by Gasteiger charge is -2.14. The van der Waals surface area contributed by atoms with E-state index >= 15 is 0 Å². The van der Waals surface area contributed by atoms with Crippen LogP contribution >= 0.6 is 31.9 Å². The minimum absolute atomic E-state index is 0.335. The first-order valence-corrected chi connectivity index (χ1v) is 7.58. The zero-order valence-corrected chi connectivity index (χ0v) is 14.4. The molecular weight excluding hydrogens is 388 g/mol. The predicted octanol–water partition coefficient (Wildman–Crippen LogP) is 3.15. The molecule has 108 valence electrons. The van der Waals surface area contributed by atoms with Gasteiger partial charge in [0.2, 0.25) is 5.91 Å². The van der Waals surface area contributed by atoms with Gasteiger partial charge in [-0.1, -0.05) is 43.5 Å². The highest BCUT2D eigenvalue weighted by molar-refractivity contribution is 9.11. The number of allylic oxidation sites excluding steroid dienone is 1. The third-order valence-electron chi connectivity index (χ3n) is 2.54. The highest BCUT2D eigenvalue weighted by Crippen LogP contribution is 2.20. The van der Waals surface area contributed by atoms with Gasteiger partial charge in [0.25, 0.3) is 5.91 Å². The van der Waals surface area contributed by atoms with Gasteiger partial charge in [-0.05, 0) is 38.5 Å². The largest absolute Gasteiger partial charge is 0.368 e. The standard InChI is InChI=1S/C14H16Br2N2O2/c1-8(2)3-4-12(13(17)19)18-14(20)9-5-10(15)7-11(16)6-9/h3,5-7,12H,4H2,1-2H3,(H2,17,19)(H,18,20)/t12-/m1/s1. The monoisotopic (exact) mass is 402 g/mol. The van der Waals surface area contributed by atoms with Crippen molar-refractivity contribution in [3.63, 3.8) is 0 Å². The van der Waals surface area contributed by atoms with Crippen molar-refractivity contribution >= 4 is 43.7 Å². The van der Waals surface area contributed by atoms with E-state index in [0.29, 0.717) is 12.0 Å². The van der Waals surface area contributed by atoms with Gasteiger partial charge in [0.05, 0.1) is 0 Å². The number of halogens is 2. The molecule has 0 heterocycles. The van der Waals surface area contributed by atoms with Crippen molar-refractivity contribution in [1.82, 2.24) is 5.32 Å². The van der Waals surface area contributed by atoms with Gasteiger partial charge in [-0.3, -0.25) is 9.59 Å².